The van der Waals surface area contributed by atoms with Gasteiger partial charge in [-0.1, -0.05) is 32.0 Å². The van der Waals surface area contributed by atoms with E-state index in [2.05, 4.69) is 24.5 Å². The molecule has 0 bridgehead atoms. The van der Waals surface area contributed by atoms with Crippen LogP contribution in [-0.4, -0.2) is 25.1 Å². The number of nitrogens with one attached hydrogen (secondary N) is 2. The fourth-order valence-corrected chi connectivity index (χ4v) is 2.18. The number of carbonyl (C=O) groups is 1. The first-order chi connectivity index (χ1) is 9.93. The SMILES string of the molecule is CNC(=O)C(CC(C)C)NCc1ccccc1OC(C)C. The van der Waals surface area contributed by atoms with Gasteiger partial charge in [-0.3, -0.25) is 4.79 Å². The molecule has 0 radical (unpaired) electrons. The zero-order valence-electron chi connectivity index (χ0n) is 13.8. The van der Waals surface area contributed by atoms with Crippen molar-refractivity contribution in [1.29, 1.82) is 0 Å². The minimum Gasteiger partial charge on any atom is -0.491 e. The number of carbonyl (C=O) groups excluding carboxylic acids is 1. The van der Waals surface area contributed by atoms with Gasteiger partial charge in [-0.25, -0.2) is 0 Å². The van der Waals surface area contributed by atoms with E-state index < -0.39 is 0 Å². The van der Waals surface area contributed by atoms with Gasteiger partial charge in [0.1, 0.15) is 5.75 Å². The van der Waals surface area contributed by atoms with Crippen LogP contribution < -0.4 is 15.4 Å². The Hall–Kier alpha value is -1.55. The normalized spacial score (nSPS) is 12.5. The van der Waals surface area contributed by atoms with Crippen LogP contribution in [0.25, 0.3) is 0 Å². The number of rotatable bonds is 8. The van der Waals surface area contributed by atoms with Crippen molar-refractivity contribution in [2.75, 3.05) is 7.05 Å². The standard InChI is InChI=1S/C17H28N2O2/c1-12(2)10-15(17(20)18-5)19-11-14-8-6-7-9-16(14)21-13(3)4/h6-9,12-13,15,19H,10-11H2,1-5H3,(H,18,20). The van der Waals surface area contributed by atoms with Gasteiger partial charge in [0.25, 0.3) is 0 Å². The minimum atomic E-state index is -0.179. The van der Waals surface area contributed by atoms with E-state index in [1.807, 2.05) is 38.1 Å². The fraction of sp³-hybridized carbons (Fsp3) is 0.588. The van der Waals surface area contributed by atoms with Gasteiger partial charge in [-0.15, -0.1) is 0 Å². The topological polar surface area (TPSA) is 50.4 Å². The Kier molecular flexibility index (Phi) is 7.23. The molecule has 1 unspecified atom stereocenters. The van der Waals surface area contributed by atoms with Gasteiger partial charge in [0.05, 0.1) is 12.1 Å². The van der Waals surface area contributed by atoms with E-state index in [4.69, 9.17) is 4.74 Å². The average molecular weight is 292 g/mol. The summed E-state index contributed by atoms with van der Waals surface area (Å²) >= 11 is 0. The number of hydrogen-bond donors (Lipinski definition) is 2. The molecule has 0 fully saturated rings. The summed E-state index contributed by atoms with van der Waals surface area (Å²) in [4.78, 5) is 11.9. The number of amides is 1. The largest absolute Gasteiger partial charge is 0.491 e. The van der Waals surface area contributed by atoms with Crippen molar-refractivity contribution < 1.29 is 9.53 Å². The molecule has 0 aliphatic rings. The highest BCUT2D eigenvalue weighted by Crippen LogP contribution is 2.19. The Labute approximate surface area is 128 Å². The van der Waals surface area contributed by atoms with Gasteiger partial charge in [0, 0.05) is 19.2 Å². The van der Waals surface area contributed by atoms with Gasteiger partial charge >= 0.3 is 0 Å². The third-order valence-electron chi connectivity index (χ3n) is 3.14. The minimum absolute atomic E-state index is 0.0333. The Bertz CT molecular complexity index is 444. The second-order valence-electron chi connectivity index (χ2n) is 5.95. The van der Waals surface area contributed by atoms with Gasteiger partial charge in [0.15, 0.2) is 0 Å². The molecular weight excluding hydrogens is 264 g/mol. The van der Waals surface area contributed by atoms with Crippen LogP contribution >= 0.6 is 0 Å². The predicted octanol–water partition coefficient (Wildman–Crippen LogP) is 2.72. The van der Waals surface area contributed by atoms with Gasteiger partial charge < -0.3 is 15.4 Å². The lowest BCUT2D eigenvalue weighted by atomic mass is 10.0. The van der Waals surface area contributed by atoms with Crippen LogP contribution in [0.15, 0.2) is 24.3 Å². The molecule has 4 nitrogen and oxygen atoms in total. The molecule has 4 heteroatoms. The molecule has 0 spiro atoms. The Morgan fingerprint density at radius 3 is 2.43 bits per heavy atom. The first-order valence-electron chi connectivity index (χ1n) is 7.63. The molecule has 0 saturated carbocycles. The van der Waals surface area contributed by atoms with Crippen LogP contribution in [0.3, 0.4) is 0 Å². The van der Waals surface area contributed by atoms with Crippen molar-refractivity contribution in [1.82, 2.24) is 10.6 Å². The maximum absolute atomic E-state index is 11.9. The maximum atomic E-state index is 11.9. The quantitative estimate of drug-likeness (QED) is 0.774. The molecule has 1 atom stereocenters. The molecular formula is C17H28N2O2. The van der Waals surface area contributed by atoms with Crippen molar-refractivity contribution >= 4 is 5.91 Å². The average Bonchev–Trinajstić information content (AvgIpc) is 2.43. The maximum Gasteiger partial charge on any atom is 0.236 e. The molecule has 0 aliphatic heterocycles. The molecule has 0 heterocycles. The summed E-state index contributed by atoms with van der Waals surface area (Å²) in [5.74, 6) is 1.37. The molecule has 0 saturated heterocycles. The van der Waals surface area contributed by atoms with Crippen molar-refractivity contribution in [2.24, 2.45) is 5.92 Å². The summed E-state index contributed by atoms with van der Waals surface area (Å²) in [6.45, 7) is 8.88. The van der Waals surface area contributed by atoms with Crippen molar-refractivity contribution in [3.05, 3.63) is 29.8 Å². The molecule has 1 rings (SSSR count). The highest BCUT2D eigenvalue weighted by atomic mass is 16.5. The molecule has 118 valence electrons. The lowest BCUT2D eigenvalue weighted by Gasteiger charge is -2.20. The number of benzene rings is 1. The van der Waals surface area contributed by atoms with Crippen LogP contribution in [0.4, 0.5) is 0 Å². The Morgan fingerprint density at radius 1 is 1.19 bits per heavy atom. The van der Waals surface area contributed by atoms with E-state index >= 15 is 0 Å². The molecule has 2 N–H and O–H groups in total. The number of hydrogen-bond acceptors (Lipinski definition) is 3. The molecule has 1 amide bonds. The molecule has 1 aromatic rings. The first kappa shape index (κ1) is 17.5. The van der Waals surface area contributed by atoms with E-state index in [-0.39, 0.29) is 18.1 Å². The number of ether oxygens (including phenoxy) is 1. The Balaban J connectivity index is 2.73. The molecule has 21 heavy (non-hydrogen) atoms. The number of para-hydroxylation sites is 1. The smallest absolute Gasteiger partial charge is 0.236 e. The molecule has 1 aromatic carbocycles. The van der Waals surface area contributed by atoms with E-state index in [9.17, 15) is 4.79 Å². The molecule has 0 aromatic heterocycles. The van der Waals surface area contributed by atoms with Crippen LogP contribution in [-0.2, 0) is 11.3 Å². The fourth-order valence-electron chi connectivity index (χ4n) is 2.18. The second-order valence-corrected chi connectivity index (χ2v) is 5.95. The summed E-state index contributed by atoms with van der Waals surface area (Å²) in [6.07, 6.45) is 0.948. The summed E-state index contributed by atoms with van der Waals surface area (Å²) in [6, 6.07) is 7.77. The van der Waals surface area contributed by atoms with Crippen LogP contribution in [0.2, 0.25) is 0 Å². The third-order valence-corrected chi connectivity index (χ3v) is 3.14. The monoisotopic (exact) mass is 292 g/mol. The predicted molar refractivity (Wildman–Crippen MR) is 86.4 cm³/mol. The van der Waals surface area contributed by atoms with Crippen LogP contribution in [0.1, 0.15) is 39.7 Å². The van der Waals surface area contributed by atoms with E-state index in [0.29, 0.717) is 12.5 Å². The third kappa shape index (κ3) is 6.17. The highest BCUT2D eigenvalue weighted by molar-refractivity contribution is 5.81. The van der Waals surface area contributed by atoms with Crippen molar-refractivity contribution in [3.8, 4) is 5.75 Å². The van der Waals surface area contributed by atoms with Crippen LogP contribution in [0, 0.1) is 5.92 Å². The lowest BCUT2D eigenvalue weighted by molar-refractivity contribution is -0.123. The van der Waals surface area contributed by atoms with E-state index in [0.717, 1.165) is 17.7 Å². The zero-order chi connectivity index (χ0) is 15.8. The van der Waals surface area contributed by atoms with Crippen LogP contribution in [0.5, 0.6) is 5.75 Å². The van der Waals surface area contributed by atoms with E-state index in [1.165, 1.54) is 0 Å². The van der Waals surface area contributed by atoms with Gasteiger partial charge in [0.2, 0.25) is 5.91 Å². The summed E-state index contributed by atoms with van der Waals surface area (Å²) in [5.41, 5.74) is 1.07. The highest BCUT2D eigenvalue weighted by Gasteiger charge is 2.18. The lowest BCUT2D eigenvalue weighted by Crippen LogP contribution is -2.43. The van der Waals surface area contributed by atoms with Crippen molar-refractivity contribution in [3.63, 3.8) is 0 Å². The summed E-state index contributed by atoms with van der Waals surface area (Å²) < 4.78 is 5.80. The second kappa shape index (κ2) is 8.67. The van der Waals surface area contributed by atoms with Gasteiger partial charge in [-0.2, -0.15) is 0 Å². The number of likely N-dealkylation sites (N-methyl/N-ethyl adjacent to an activating group) is 1. The van der Waals surface area contributed by atoms with E-state index in [1.54, 1.807) is 7.05 Å². The summed E-state index contributed by atoms with van der Waals surface area (Å²) in [7, 11) is 1.67. The van der Waals surface area contributed by atoms with Crippen molar-refractivity contribution in [2.45, 2.75) is 52.8 Å². The first-order valence-corrected chi connectivity index (χ1v) is 7.63. The van der Waals surface area contributed by atoms with Gasteiger partial charge in [-0.05, 0) is 32.3 Å². The zero-order valence-corrected chi connectivity index (χ0v) is 13.8. The Morgan fingerprint density at radius 2 is 1.86 bits per heavy atom. The molecule has 0 aliphatic carbocycles. The summed E-state index contributed by atoms with van der Waals surface area (Å²) in [5, 5.41) is 6.06.